The topological polar surface area (TPSA) is 231 Å². The first-order valence-corrected chi connectivity index (χ1v) is 15.1. The highest BCUT2D eigenvalue weighted by molar-refractivity contribution is 9.10. The molecule has 0 bridgehead atoms. The molecule has 0 radical (unpaired) electrons. The minimum atomic E-state index is -0.247. The molecule has 16 nitrogen and oxygen atoms in total. The molecule has 22 heteroatoms. The van der Waals surface area contributed by atoms with E-state index in [2.05, 4.69) is 75.5 Å². The highest BCUT2D eigenvalue weighted by Gasteiger charge is 2.18. The number of hydrogen-bond acceptors (Lipinski definition) is 14. The van der Waals surface area contributed by atoms with Gasteiger partial charge in [0.05, 0.1) is 40.8 Å². The number of hydrogen-bond donors (Lipinski definition) is 0. The lowest BCUT2D eigenvalue weighted by molar-refractivity contribution is 1.05. The van der Waals surface area contributed by atoms with Gasteiger partial charge in [-0.3, -0.25) is 0 Å². The molecule has 0 spiro atoms. The molecular weight excluding hydrogens is 818 g/mol. The molecule has 2 aromatic carbocycles. The molecular formula is C28H4BrCl5N16. The number of allylic oxidation sites excluding steroid dienone is 2. The second-order valence-electron chi connectivity index (χ2n) is 8.45. The number of halogens is 6. The highest BCUT2D eigenvalue weighted by atomic mass is 79.9. The number of aromatic nitrogens is 6. The smallest absolute Gasteiger partial charge is 0.250 e. The van der Waals surface area contributed by atoms with E-state index in [4.69, 9.17) is 86.9 Å². The molecule has 0 amide bonds. The number of nitrogens with zero attached hydrogens (tertiary/aromatic N) is 16. The maximum atomic E-state index is 9.49. The summed E-state index contributed by atoms with van der Waals surface area (Å²) < 4.78 is 0.618. The molecule has 2 aromatic heterocycles. The van der Waals surface area contributed by atoms with E-state index >= 15 is 0 Å². The van der Waals surface area contributed by atoms with E-state index in [1.54, 1.807) is 42.5 Å². The Labute approximate surface area is 312 Å². The van der Waals surface area contributed by atoms with Crippen molar-refractivity contribution in [3.8, 4) is 35.7 Å². The Balaban J connectivity index is 0.000000187. The van der Waals surface area contributed by atoms with Crippen LogP contribution in [0, 0.1) is 58.5 Å². The van der Waals surface area contributed by atoms with Crippen molar-refractivity contribution < 1.29 is 0 Å². The Hall–Kier alpha value is -5.99. The standard InChI is InChI=1S/C14H2Cl2N8.C11H2BrN5.C3Cl3N3/c15-13-22-12(23-14(16)24-13)7-1-2-9-10(8(7)5-19)21-11(20-9)6(3-17)4-18;1-14-8(5-13)11-16-7-4-3-6(12)9(15-2)10(7)17-11;4-1-7-2(5)9-3(6)8-1/h1-2H;3-4H;/b;11-8-;. The van der Waals surface area contributed by atoms with Crippen LogP contribution in [0.25, 0.3) is 21.1 Å². The summed E-state index contributed by atoms with van der Waals surface area (Å²) in [6.45, 7) is 13.9. The van der Waals surface area contributed by atoms with Crippen LogP contribution < -0.4 is 21.4 Å². The zero-order valence-electron chi connectivity index (χ0n) is 23.7. The van der Waals surface area contributed by atoms with Crippen molar-refractivity contribution in [2.45, 2.75) is 0 Å². The van der Waals surface area contributed by atoms with Crippen molar-refractivity contribution >= 4 is 79.6 Å². The molecule has 50 heavy (non-hydrogen) atoms. The SMILES string of the molecule is Clc1nc(Cl)nc(Cl)n1.N#CC(C#N)=C1N=c2ccc(-c3nc(Cl)nc(Cl)n3)c(C#N)c2=N1.[C-]#[N+]/C(C#N)=C1/N=c2ccc(Br)c([N+]#[C-])c2=N1. The first kappa shape index (κ1) is 36.8. The van der Waals surface area contributed by atoms with Crippen molar-refractivity contribution in [3.63, 3.8) is 0 Å². The van der Waals surface area contributed by atoms with Gasteiger partial charge in [-0.25, -0.2) is 34.9 Å². The Morgan fingerprint density at radius 3 is 1.64 bits per heavy atom. The van der Waals surface area contributed by atoms with Crippen molar-refractivity contribution in [1.29, 1.82) is 21.0 Å². The van der Waals surface area contributed by atoms with Crippen LogP contribution in [0.4, 0.5) is 5.69 Å². The number of nitriles is 4. The average Bonchev–Trinajstić information content (AvgIpc) is 3.70. The lowest BCUT2D eigenvalue weighted by atomic mass is 10.1. The van der Waals surface area contributed by atoms with Gasteiger partial charge in [0.1, 0.15) is 23.6 Å². The molecule has 6 rings (SSSR count). The second-order valence-corrected chi connectivity index (χ2v) is 11.0. The van der Waals surface area contributed by atoms with Gasteiger partial charge in [0, 0.05) is 10.0 Å². The summed E-state index contributed by atoms with van der Waals surface area (Å²) in [4.78, 5) is 44.6. The summed E-state index contributed by atoms with van der Waals surface area (Å²) in [6.07, 6.45) is 0. The minimum Gasteiger partial charge on any atom is -0.250 e. The Bertz CT molecular complexity index is 2600. The third kappa shape index (κ3) is 8.35. The summed E-state index contributed by atoms with van der Waals surface area (Å²) >= 11 is 30.7. The van der Waals surface area contributed by atoms with Crippen LogP contribution in [0.15, 0.2) is 71.6 Å². The zero-order chi connectivity index (χ0) is 36.5. The fourth-order valence-corrected chi connectivity index (χ4v) is 5.02. The van der Waals surface area contributed by atoms with Crippen molar-refractivity contribution in [3.05, 3.63) is 128 Å². The van der Waals surface area contributed by atoms with Crippen molar-refractivity contribution in [2.75, 3.05) is 0 Å². The molecule has 0 saturated heterocycles. The van der Waals surface area contributed by atoms with Crippen LogP contribution in [0.2, 0.25) is 26.4 Å². The minimum absolute atomic E-state index is 0.000000000000000444. The van der Waals surface area contributed by atoms with Gasteiger partial charge in [-0.15, -0.1) is 0 Å². The lowest BCUT2D eigenvalue weighted by Crippen LogP contribution is -2.25. The fraction of sp³-hybridized carbons (Fsp3) is 0. The van der Waals surface area contributed by atoms with Gasteiger partial charge >= 0.3 is 5.70 Å². The summed E-state index contributed by atoms with van der Waals surface area (Å²) in [5.41, 5.74) is 0.373. The van der Waals surface area contributed by atoms with E-state index in [1.807, 2.05) is 6.07 Å². The molecule has 0 fully saturated rings. The molecule has 0 N–H and O–H groups in total. The van der Waals surface area contributed by atoms with Gasteiger partial charge in [0.15, 0.2) is 23.0 Å². The molecule has 0 aliphatic carbocycles. The molecule has 4 heterocycles. The van der Waals surface area contributed by atoms with E-state index in [1.165, 1.54) is 0 Å². The zero-order valence-corrected chi connectivity index (χ0v) is 29.1. The van der Waals surface area contributed by atoms with Crippen molar-refractivity contribution in [2.24, 2.45) is 20.0 Å². The van der Waals surface area contributed by atoms with Crippen LogP contribution in [0.1, 0.15) is 5.56 Å². The van der Waals surface area contributed by atoms with Gasteiger partial charge in [0.2, 0.25) is 32.1 Å². The number of fused-ring (bicyclic) bond motifs is 2. The molecule has 0 saturated carbocycles. The third-order valence-corrected chi connectivity index (χ3v) is 7.09. The van der Waals surface area contributed by atoms with Gasteiger partial charge < -0.3 is 0 Å². The monoisotopic (exact) mass is 818 g/mol. The molecule has 0 unspecified atom stereocenters. The number of rotatable bonds is 1. The van der Waals surface area contributed by atoms with E-state index in [0.29, 0.717) is 31.8 Å². The first-order valence-electron chi connectivity index (χ1n) is 12.5. The summed E-state index contributed by atoms with van der Waals surface area (Å²) in [5.74, 6) is 0.128. The summed E-state index contributed by atoms with van der Waals surface area (Å²) in [6, 6.07) is 13.6. The number of benzene rings is 2. The molecule has 0 atom stereocenters. The molecule has 2 aliphatic heterocycles. The summed E-state index contributed by atoms with van der Waals surface area (Å²) in [7, 11) is 0. The summed E-state index contributed by atoms with van der Waals surface area (Å²) in [5, 5.41) is 37.3. The predicted octanol–water partition coefficient (Wildman–Crippen LogP) is 4.93. The maximum Gasteiger partial charge on any atom is 0.305 e. The van der Waals surface area contributed by atoms with E-state index in [-0.39, 0.29) is 66.1 Å². The maximum absolute atomic E-state index is 9.49. The predicted molar refractivity (Wildman–Crippen MR) is 177 cm³/mol. The van der Waals surface area contributed by atoms with Crippen LogP contribution >= 0.6 is 73.9 Å². The van der Waals surface area contributed by atoms with Gasteiger partial charge in [-0.2, -0.15) is 45.7 Å². The fourth-order valence-electron chi connectivity index (χ4n) is 3.64. The van der Waals surface area contributed by atoms with E-state index < -0.39 is 0 Å². The molecule has 4 aromatic rings. The second kappa shape index (κ2) is 16.4. The van der Waals surface area contributed by atoms with E-state index in [9.17, 15) is 5.26 Å². The van der Waals surface area contributed by atoms with E-state index in [0.717, 1.165) is 0 Å². The largest absolute Gasteiger partial charge is 0.305 e. The lowest BCUT2D eigenvalue weighted by Gasteiger charge is -2.02. The van der Waals surface area contributed by atoms with Gasteiger partial charge in [-0.05, 0) is 76.2 Å². The Kier molecular flexibility index (Phi) is 12.1. The average molecular weight is 822 g/mol. The quantitative estimate of drug-likeness (QED) is 0.186. The third-order valence-electron chi connectivity index (χ3n) is 5.60. The van der Waals surface area contributed by atoms with Crippen LogP contribution in [-0.2, 0) is 0 Å². The van der Waals surface area contributed by atoms with Gasteiger partial charge in [0.25, 0.3) is 0 Å². The molecule has 238 valence electrons. The normalized spacial score (nSPS) is 12.1. The molecule has 2 aliphatic rings. The van der Waals surface area contributed by atoms with Gasteiger partial charge in [-0.1, -0.05) is 22.0 Å². The Morgan fingerprint density at radius 2 is 1.14 bits per heavy atom. The Morgan fingerprint density at radius 1 is 0.640 bits per heavy atom. The van der Waals surface area contributed by atoms with Crippen molar-refractivity contribution in [1.82, 2.24) is 29.9 Å². The first-order chi connectivity index (χ1) is 24.0. The van der Waals surface area contributed by atoms with Crippen LogP contribution in [0.3, 0.4) is 0 Å². The van der Waals surface area contributed by atoms with Crippen LogP contribution in [0.5, 0.6) is 0 Å². The van der Waals surface area contributed by atoms with Crippen LogP contribution in [-0.4, -0.2) is 29.9 Å². The highest BCUT2D eigenvalue weighted by Crippen LogP contribution is 2.22.